The molecule has 7 nitrogen and oxygen atoms in total. The quantitative estimate of drug-likeness (QED) is 0.783. The molecular formula is C16H19N5O2. The third-order valence-corrected chi connectivity index (χ3v) is 4.47. The molecule has 7 heteroatoms. The number of ether oxygens (including phenoxy) is 1. The van der Waals surface area contributed by atoms with Gasteiger partial charge >= 0.3 is 0 Å². The third kappa shape index (κ3) is 2.46. The van der Waals surface area contributed by atoms with Gasteiger partial charge in [-0.2, -0.15) is 0 Å². The zero-order valence-corrected chi connectivity index (χ0v) is 13.1. The lowest BCUT2D eigenvalue weighted by atomic mass is 10.1. The van der Waals surface area contributed by atoms with Crippen LogP contribution in [0.5, 0.6) is 0 Å². The second-order valence-corrected chi connectivity index (χ2v) is 5.92. The number of hydrogen-bond acceptors (Lipinski definition) is 5. The van der Waals surface area contributed by atoms with Crippen LogP contribution < -0.4 is 4.90 Å². The standard InChI is InChI=1S/C16H19N5O2/c1-19-6-7-20(10-12-4-2-3-5-13(12)19)16(22)15-18-17-14-11-23-9-8-21(14)15/h2-5H,6-11H2,1H3. The molecule has 1 aromatic carbocycles. The molecule has 0 saturated heterocycles. The minimum atomic E-state index is -0.0595. The maximum absolute atomic E-state index is 12.9. The molecule has 1 aromatic heterocycles. The highest BCUT2D eigenvalue weighted by molar-refractivity contribution is 5.91. The maximum Gasteiger partial charge on any atom is 0.292 e. The molecule has 3 heterocycles. The van der Waals surface area contributed by atoms with Crippen LogP contribution in [0, 0.1) is 0 Å². The number of carbonyl (C=O) groups is 1. The average molecular weight is 313 g/mol. The summed E-state index contributed by atoms with van der Waals surface area (Å²) in [6.07, 6.45) is 0. The van der Waals surface area contributed by atoms with E-state index in [0.29, 0.717) is 38.7 Å². The van der Waals surface area contributed by atoms with Gasteiger partial charge in [-0.05, 0) is 11.6 Å². The van der Waals surface area contributed by atoms with E-state index in [2.05, 4.69) is 34.3 Å². The first-order valence-corrected chi connectivity index (χ1v) is 7.82. The van der Waals surface area contributed by atoms with Crippen LogP contribution in [-0.4, -0.2) is 52.3 Å². The highest BCUT2D eigenvalue weighted by Gasteiger charge is 2.27. The van der Waals surface area contributed by atoms with E-state index in [4.69, 9.17) is 4.74 Å². The molecule has 23 heavy (non-hydrogen) atoms. The summed E-state index contributed by atoms with van der Waals surface area (Å²) >= 11 is 0. The highest BCUT2D eigenvalue weighted by atomic mass is 16.5. The summed E-state index contributed by atoms with van der Waals surface area (Å²) in [6.45, 7) is 3.71. The van der Waals surface area contributed by atoms with Gasteiger partial charge in [0.25, 0.3) is 5.91 Å². The Labute approximate surface area is 134 Å². The Morgan fingerprint density at radius 2 is 2.04 bits per heavy atom. The average Bonchev–Trinajstić information content (AvgIpc) is 2.94. The summed E-state index contributed by atoms with van der Waals surface area (Å²) in [5.41, 5.74) is 2.34. The Kier molecular flexibility index (Phi) is 3.49. The van der Waals surface area contributed by atoms with Crippen LogP contribution >= 0.6 is 0 Å². The fourth-order valence-electron chi connectivity index (χ4n) is 3.16. The van der Waals surface area contributed by atoms with Crippen molar-refractivity contribution in [3.8, 4) is 0 Å². The lowest BCUT2D eigenvalue weighted by Gasteiger charge is -2.22. The van der Waals surface area contributed by atoms with E-state index in [-0.39, 0.29) is 5.91 Å². The number of aromatic nitrogens is 3. The summed E-state index contributed by atoms with van der Waals surface area (Å²) < 4.78 is 7.24. The molecule has 2 aliphatic heterocycles. The SMILES string of the molecule is CN1CCN(C(=O)c2nnc3n2CCOC3)Cc2ccccc21. The van der Waals surface area contributed by atoms with Gasteiger partial charge in [0.1, 0.15) is 6.61 Å². The minimum Gasteiger partial charge on any atom is -0.373 e. The van der Waals surface area contributed by atoms with E-state index in [1.165, 1.54) is 5.69 Å². The molecule has 0 atom stereocenters. The maximum atomic E-state index is 12.9. The summed E-state index contributed by atoms with van der Waals surface area (Å²) in [5.74, 6) is 1.09. The van der Waals surface area contributed by atoms with Gasteiger partial charge in [0.2, 0.25) is 5.82 Å². The van der Waals surface area contributed by atoms with Crippen LogP contribution in [0.1, 0.15) is 22.0 Å². The molecule has 120 valence electrons. The molecule has 0 spiro atoms. The first-order chi connectivity index (χ1) is 11.2. The third-order valence-electron chi connectivity index (χ3n) is 4.47. The molecule has 2 aliphatic rings. The number of likely N-dealkylation sites (N-methyl/N-ethyl adjacent to an activating group) is 1. The van der Waals surface area contributed by atoms with Gasteiger partial charge in [-0.15, -0.1) is 10.2 Å². The number of amides is 1. The van der Waals surface area contributed by atoms with Gasteiger partial charge in [-0.3, -0.25) is 4.79 Å². The van der Waals surface area contributed by atoms with Gasteiger partial charge in [-0.1, -0.05) is 18.2 Å². The number of hydrogen-bond donors (Lipinski definition) is 0. The first-order valence-electron chi connectivity index (χ1n) is 7.82. The summed E-state index contributed by atoms with van der Waals surface area (Å²) in [7, 11) is 2.06. The predicted molar refractivity (Wildman–Crippen MR) is 84.1 cm³/mol. The van der Waals surface area contributed by atoms with E-state index in [1.54, 1.807) is 0 Å². The zero-order valence-electron chi connectivity index (χ0n) is 13.1. The fraction of sp³-hybridized carbons (Fsp3) is 0.438. The van der Waals surface area contributed by atoms with Crippen molar-refractivity contribution >= 4 is 11.6 Å². The van der Waals surface area contributed by atoms with Gasteiger partial charge in [0.15, 0.2) is 5.82 Å². The van der Waals surface area contributed by atoms with E-state index in [0.717, 1.165) is 17.9 Å². The Morgan fingerprint density at radius 3 is 2.96 bits per heavy atom. The summed E-state index contributed by atoms with van der Waals surface area (Å²) in [5, 5.41) is 8.19. The van der Waals surface area contributed by atoms with E-state index >= 15 is 0 Å². The van der Waals surface area contributed by atoms with E-state index in [1.807, 2.05) is 21.6 Å². The molecule has 0 aliphatic carbocycles. The topological polar surface area (TPSA) is 63.5 Å². The molecule has 4 rings (SSSR count). The molecule has 0 bridgehead atoms. The van der Waals surface area contributed by atoms with Crippen LogP contribution in [-0.2, 0) is 24.4 Å². The van der Waals surface area contributed by atoms with Gasteiger partial charge < -0.3 is 19.1 Å². The lowest BCUT2D eigenvalue weighted by Crippen LogP contribution is -2.36. The van der Waals surface area contributed by atoms with Crippen molar-refractivity contribution in [2.45, 2.75) is 19.7 Å². The monoisotopic (exact) mass is 313 g/mol. The van der Waals surface area contributed by atoms with Gasteiger partial charge in [0, 0.05) is 38.9 Å². The van der Waals surface area contributed by atoms with Crippen molar-refractivity contribution in [3.63, 3.8) is 0 Å². The predicted octanol–water partition coefficient (Wildman–Crippen LogP) is 0.901. The zero-order chi connectivity index (χ0) is 15.8. The molecule has 0 unspecified atom stereocenters. The van der Waals surface area contributed by atoms with Gasteiger partial charge in [0.05, 0.1) is 6.61 Å². The second kappa shape index (κ2) is 5.66. The number of rotatable bonds is 1. The fourth-order valence-corrected chi connectivity index (χ4v) is 3.16. The van der Waals surface area contributed by atoms with Crippen LogP contribution in [0.15, 0.2) is 24.3 Å². The number of carbonyl (C=O) groups excluding carboxylic acids is 1. The van der Waals surface area contributed by atoms with E-state index < -0.39 is 0 Å². The van der Waals surface area contributed by atoms with Crippen LogP contribution in [0.3, 0.4) is 0 Å². The van der Waals surface area contributed by atoms with Crippen LogP contribution in [0.4, 0.5) is 5.69 Å². The number of fused-ring (bicyclic) bond motifs is 2. The molecule has 2 aromatic rings. The van der Waals surface area contributed by atoms with Crippen molar-refractivity contribution in [2.75, 3.05) is 31.6 Å². The first kappa shape index (κ1) is 14.2. The summed E-state index contributed by atoms with van der Waals surface area (Å²) in [4.78, 5) is 17.0. The van der Waals surface area contributed by atoms with Crippen molar-refractivity contribution in [1.29, 1.82) is 0 Å². The molecule has 0 radical (unpaired) electrons. The van der Waals surface area contributed by atoms with E-state index in [9.17, 15) is 4.79 Å². The normalized spacial score (nSPS) is 17.4. The lowest BCUT2D eigenvalue weighted by molar-refractivity contribution is 0.0682. The van der Waals surface area contributed by atoms with Crippen molar-refractivity contribution in [3.05, 3.63) is 41.5 Å². The Hall–Kier alpha value is -2.41. The Morgan fingerprint density at radius 1 is 1.17 bits per heavy atom. The smallest absolute Gasteiger partial charge is 0.292 e. The molecular weight excluding hydrogens is 294 g/mol. The summed E-state index contributed by atoms with van der Waals surface area (Å²) in [6, 6.07) is 8.21. The second-order valence-electron chi connectivity index (χ2n) is 5.92. The molecule has 0 fully saturated rings. The van der Waals surface area contributed by atoms with Crippen LogP contribution in [0.2, 0.25) is 0 Å². The molecule has 0 saturated carbocycles. The van der Waals surface area contributed by atoms with Gasteiger partial charge in [-0.25, -0.2) is 0 Å². The molecule has 0 N–H and O–H groups in total. The largest absolute Gasteiger partial charge is 0.373 e. The van der Waals surface area contributed by atoms with Crippen molar-refractivity contribution < 1.29 is 9.53 Å². The van der Waals surface area contributed by atoms with Crippen LogP contribution in [0.25, 0.3) is 0 Å². The number of nitrogens with zero attached hydrogens (tertiary/aromatic N) is 5. The number of benzene rings is 1. The minimum absolute atomic E-state index is 0.0595. The Bertz CT molecular complexity index is 742. The molecule has 1 amide bonds. The van der Waals surface area contributed by atoms with Crippen molar-refractivity contribution in [1.82, 2.24) is 19.7 Å². The highest BCUT2D eigenvalue weighted by Crippen LogP contribution is 2.24. The number of para-hydroxylation sites is 1. The van der Waals surface area contributed by atoms with Crippen molar-refractivity contribution in [2.24, 2.45) is 0 Å². The Balaban J connectivity index is 1.63. The number of anilines is 1.